The van der Waals surface area contributed by atoms with Crippen LogP contribution < -0.4 is 12.4 Å². The highest BCUT2D eigenvalue weighted by atomic mass is 35.5. The van der Waals surface area contributed by atoms with Crippen molar-refractivity contribution in [2.24, 2.45) is 0 Å². The predicted molar refractivity (Wildman–Crippen MR) is 56.1 cm³/mol. The van der Waals surface area contributed by atoms with Crippen molar-refractivity contribution in [2.45, 2.75) is 6.61 Å². The summed E-state index contributed by atoms with van der Waals surface area (Å²) in [6.07, 6.45) is 1.58. The Bertz CT molecular complexity index is 372. The number of non-ortho nitro benzene ring substituents is 1. The second-order valence-corrected chi connectivity index (χ2v) is 3.30. The maximum Gasteiger partial charge on any atom is 0.323 e. The van der Waals surface area contributed by atoms with E-state index in [9.17, 15) is 10.1 Å². The van der Waals surface area contributed by atoms with Crippen molar-refractivity contribution in [1.82, 2.24) is 0 Å². The van der Waals surface area contributed by atoms with Gasteiger partial charge in [0.1, 0.15) is 20.7 Å². The van der Waals surface area contributed by atoms with Gasteiger partial charge in [0.2, 0.25) is 0 Å². The van der Waals surface area contributed by atoms with E-state index in [0.717, 1.165) is 5.56 Å². The molecule has 16 heavy (non-hydrogen) atoms. The summed E-state index contributed by atoms with van der Waals surface area (Å²) in [4.78, 5) is 9.96. The summed E-state index contributed by atoms with van der Waals surface area (Å²) in [7, 11) is 3.71. The average Bonchev–Trinajstić information content (AvgIpc) is 2.18. The fourth-order valence-corrected chi connectivity index (χ4v) is 0.996. The minimum absolute atomic E-state index is 0. The second kappa shape index (κ2) is 6.79. The van der Waals surface area contributed by atoms with E-state index in [2.05, 4.69) is 0 Å². The highest BCUT2D eigenvalue weighted by Gasteiger charge is 2.03. The fourth-order valence-electron chi connectivity index (χ4n) is 0.996. The molecule has 0 aliphatic heterocycles. The first-order valence-electron chi connectivity index (χ1n) is 4.44. The van der Waals surface area contributed by atoms with Gasteiger partial charge in [0.15, 0.2) is 0 Å². The number of hydrogen-bond donors (Lipinski definition) is 0. The van der Waals surface area contributed by atoms with Gasteiger partial charge in [-0.25, -0.2) is 4.58 Å². The van der Waals surface area contributed by atoms with Crippen LogP contribution >= 0.6 is 0 Å². The highest BCUT2D eigenvalue weighted by molar-refractivity contribution is 5.40. The average molecular weight is 245 g/mol. The Morgan fingerprint density at radius 2 is 1.88 bits per heavy atom. The van der Waals surface area contributed by atoms with E-state index in [1.54, 1.807) is 23.1 Å². The van der Waals surface area contributed by atoms with Gasteiger partial charge >= 0.3 is 6.40 Å². The smallest absolute Gasteiger partial charge is 0.323 e. The van der Waals surface area contributed by atoms with Crippen LogP contribution in [0.5, 0.6) is 0 Å². The SMILES string of the molecule is C[N+](C)=COCc1ccc([N+](=O)[O-])cc1.[Cl-]. The quantitative estimate of drug-likeness (QED) is 0.211. The zero-order valence-electron chi connectivity index (χ0n) is 9.09. The van der Waals surface area contributed by atoms with E-state index in [1.165, 1.54) is 12.1 Å². The molecule has 0 N–H and O–H groups in total. The Hall–Kier alpha value is -1.62. The Balaban J connectivity index is 0.00000225. The molecule has 0 aromatic heterocycles. The molecule has 0 radical (unpaired) electrons. The van der Waals surface area contributed by atoms with E-state index >= 15 is 0 Å². The third-order valence-electron chi connectivity index (χ3n) is 1.68. The molecule has 0 atom stereocenters. The van der Waals surface area contributed by atoms with Gasteiger partial charge in [0.25, 0.3) is 5.69 Å². The molecule has 0 unspecified atom stereocenters. The first kappa shape index (κ1) is 14.4. The number of halogens is 1. The molecule has 0 aliphatic carbocycles. The molecule has 88 valence electrons. The fraction of sp³-hybridized carbons (Fsp3) is 0.300. The Morgan fingerprint density at radius 1 is 1.31 bits per heavy atom. The molecule has 0 bridgehead atoms. The van der Waals surface area contributed by atoms with Crippen LogP contribution in [0.2, 0.25) is 0 Å². The third kappa shape index (κ3) is 4.75. The minimum Gasteiger partial charge on any atom is -1.00 e. The van der Waals surface area contributed by atoms with E-state index < -0.39 is 4.92 Å². The molecule has 0 amide bonds. The maximum atomic E-state index is 10.4. The van der Waals surface area contributed by atoms with Gasteiger partial charge in [-0.2, -0.15) is 0 Å². The number of rotatable bonds is 4. The standard InChI is InChI=1S/C10H13N2O3.ClH/c1-11(2)8-15-7-9-3-5-10(6-4-9)12(13)14;/h3-6,8H,7H2,1-2H3;1H/q+1;/p-1. The highest BCUT2D eigenvalue weighted by Crippen LogP contribution is 2.12. The topological polar surface area (TPSA) is 55.4 Å². The van der Waals surface area contributed by atoms with Crippen LogP contribution in [0.1, 0.15) is 5.56 Å². The van der Waals surface area contributed by atoms with Gasteiger partial charge in [0, 0.05) is 12.1 Å². The van der Waals surface area contributed by atoms with Crippen molar-refractivity contribution < 1.29 is 26.6 Å². The lowest BCUT2D eigenvalue weighted by molar-refractivity contribution is -0.468. The van der Waals surface area contributed by atoms with Gasteiger partial charge < -0.3 is 17.1 Å². The van der Waals surface area contributed by atoms with Crippen LogP contribution in [-0.4, -0.2) is 30.0 Å². The summed E-state index contributed by atoms with van der Waals surface area (Å²) in [6, 6.07) is 6.30. The lowest BCUT2D eigenvalue weighted by Crippen LogP contribution is -3.00. The zero-order chi connectivity index (χ0) is 11.3. The van der Waals surface area contributed by atoms with Crippen molar-refractivity contribution in [3.05, 3.63) is 39.9 Å². The lowest BCUT2D eigenvalue weighted by atomic mass is 10.2. The molecule has 1 aromatic rings. The Morgan fingerprint density at radius 3 is 2.31 bits per heavy atom. The van der Waals surface area contributed by atoms with Gasteiger partial charge in [-0.15, -0.1) is 0 Å². The number of hydrogen-bond acceptors (Lipinski definition) is 3. The van der Waals surface area contributed by atoms with E-state index in [4.69, 9.17) is 4.74 Å². The predicted octanol–water partition coefficient (Wildman–Crippen LogP) is -1.58. The maximum absolute atomic E-state index is 10.4. The van der Waals surface area contributed by atoms with Crippen LogP contribution in [0.15, 0.2) is 24.3 Å². The molecule has 0 spiro atoms. The molecule has 0 saturated carbocycles. The van der Waals surface area contributed by atoms with Gasteiger partial charge in [-0.1, -0.05) is 0 Å². The molecule has 0 saturated heterocycles. The van der Waals surface area contributed by atoms with Gasteiger partial charge in [-0.3, -0.25) is 10.1 Å². The molecule has 5 nitrogen and oxygen atoms in total. The van der Waals surface area contributed by atoms with Crippen LogP contribution in [0.4, 0.5) is 5.69 Å². The van der Waals surface area contributed by atoms with Crippen molar-refractivity contribution in [3.63, 3.8) is 0 Å². The first-order chi connectivity index (χ1) is 7.09. The minimum atomic E-state index is -0.420. The van der Waals surface area contributed by atoms with Crippen LogP contribution in [-0.2, 0) is 11.3 Å². The molecule has 1 aromatic carbocycles. The summed E-state index contributed by atoms with van der Waals surface area (Å²) in [5, 5.41) is 10.4. The molecule has 0 heterocycles. The summed E-state index contributed by atoms with van der Waals surface area (Å²) < 4.78 is 7.00. The van der Waals surface area contributed by atoms with E-state index in [1.807, 2.05) is 14.1 Å². The van der Waals surface area contributed by atoms with Crippen LogP contribution in [0, 0.1) is 10.1 Å². The summed E-state index contributed by atoms with van der Waals surface area (Å²) in [5.74, 6) is 0. The molecule has 0 fully saturated rings. The molecule has 6 heteroatoms. The largest absolute Gasteiger partial charge is 1.00 e. The Labute approximate surface area is 99.9 Å². The second-order valence-electron chi connectivity index (χ2n) is 3.30. The molecular weight excluding hydrogens is 232 g/mol. The molecular formula is C10H13ClN2O3. The first-order valence-corrected chi connectivity index (χ1v) is 4.44. The third-order valence-corrected chi connectivity index (χ3v) is 1.68. The van der Waals surface area contributed by atoms with Crippen LogP contribution in [0.3, 0.4) is 0 Å². The number of benzene rings is 1. The molecule has 0 aliphatic rings. The Kier molecular flexibility index (Phi) is 6.10. The number of nitro benzene ring substituents is 1. The van der Waals surface area contributed by atoms with Gasteiger partial charge in [0.05, 0.1) is 4.92 Å². The van der Waals surface area contributed by atoms with Crippen molar-refractivity contribution in [2.75, 3.05) is 14.1 Å². The zero-order valence-corrected chi connectivity index (χ0v) is 9.85. The number of nitro groups is 1. The monoisotopic (exact) mass is 244 g/mol. The van der Waals surface area contributed by atoms with Crippen LogP contribution in [0.25, 0.3) is 0 Å². The van der Waals surface area contributed by atoms with Crippen molar-refractivity contribution in [1.29, 1.82) is 0 Å². The molecule has 1 rings (SSSR count). The number of ether oxygens (including phenoxy) is 1. The summed E-state index contributed by atoms with van der Waals surface area (Å²) >= 11 is 0. The van der Waals surface area contributed by atoms with E-state index in [0.29, 0.717) is 6.61 Å². The van der Waals surface area contributed by atoms with E-state index in [-0.39, 0.29) is 18.1 Å². The van der Waals surface area contributed by atoms with Crippen molar-refractivity contribution in [3.8, 4) is 0 Å². The normalized spacial score (nSPS) is 8.88. The summed E-state index contributed by atoms with van der Waals surface area (Å²) in [5.41, 5.74) is 0.994. The lowest BCUT2D eigenvalue weighted by Gasteiger charge is -1.98. The summed E-state index contributed by atoms with van der Waals surface area (Å²) in [6.45, 7) is 0.413. The van der Waals surface area contributed by atoms with Crippen molar-refractivity contribution >= 4 is 12.1 Å². The van der Waals surface area contributed by atoms with Gasteiger partial charge in [-0.05, 0) is 17.7 Å². The number of nitrogens with zero attached hydrogens (tertiary/aromatic N) is 2.